The Balaban J connectivity index is 0.00000308. The molecule has 6 nitrogen and oxygen atoms in total. The maximum Gasteiger partial charge on any atom is 0.264 e. The van der Waals surface area contributed by atoms with Crippen LogP contribution in [0.3, 0.4) is 0 Å². The molecule has 0 atom stereocenters. The van der Waals surface area contributed by atoms with E-state index in [1.165, 1.54) is 11.1 Å². The van der Waals surface area contributed by atoms with Gasteiger partial charge in [-0.15, -0.1) is 12.4 Å². The van der Waals surface area contributed by atoms with E-state index in [9.17, 15) is 13.6 Å². The Morgan fingerprint density at radius 1 is 1.05 bits per heavy atom. The third kappa shape index (κ3) is 5.16. The summed E-state index contributed by atoms with van der Waals surface area (Å²) in [6.07, 6.45) is 6.74. The van der Waals surface area contributed by atoms with Gasteiger partial charge in [-0.2, -0.15) is 5.10 Å². The second kappa shape index (κ2) is 10.9. The first-order valence-electron chi connectivity index (χ1n) is 13.7. The molecule has 0 radical (unpaired) electrons. The molecular formula is C30H36ClF2N5O. The van der Waals surface area contributed by atoms with Crippen LogP contribution < -0.4 is 10.6 Å². The van der Waals surface area contributed by atoms with E-state index in [4.69, 9.17) is 5.73 Å². The van der Waals surface area contributed by atoms with E-state index in [-0.39, 0.29) is 29.9 Å². The number of anilines is 2. The molecule has 1 amide bonds. The molecule has 3 aliphatic rings. The fraction of sp³-hybridized carbons (Fsp3) is 0.467. The van der Waals surface area contributed by atoms with Gasteiger partial charge in [-0.05, 0) is 84.9 Å². The number of carbonyl (C=O) groups excluding carboxylic acids is 1. The van der Waals surface area contributed by atoms with E-state index < -0.39 is 6.43 Å². The summed E-state index contributed by atoms with van der Waals surface area (Å²) < 4.78 is 30.5. The molecule has 0 unspecified atom stereocenters. The van der Waals surface area contributed by atoms with Crippen LogP contribution in [0.5, 0.6) is 0 Å². The number of amides is 1. The minimum Gasteiger partial charge on any atom is -0.341 e. The van der Waals surface area contributed by atoms with E-state index in [0.717, 1.165) is 67.6 Å². The molecule has 3 heterocycles. The highest BCUT2D eigenvalue weighted by atomic mass is 35.5. The predicted octanol–water partition coefficient (Wildman–Crippen LogP) is 6.38. The topological polar surface area (TPSA) is 67.4 Å². The van der Waals surface area contributed by atoms with Crippen molar-refractivity contribution in [3.63, 3.8) is 0 Å². The van der Waals surface area contributed by atoms with Crippen LogP contribution in [0.4, 0.5) is 20.2 Å². The average molecular weight is 556 g/mol. The molecule has 0 saturated heterocycles. The number of hydrogen-bond donors (Lipinski definition) is 1. The highest BCUT2D eigenvalue weighted by Gasteiger charge is 2.32. The van der Waals surface area contributed by atoms with Gasteiger partial charge in [-0.3, -0.25) is 9.48 Å². The first kappa shape index (κ1) is 27.6. The Hall–Kier alpha value is -2.97. The zero-order valence-electron chi connectivity index (χ0n) is 22.5. The van der Waals surface area contributed by atoms with Crippen LogP contribution >= 0.6 is 12.4 Å². The number of rotatable bonds is 4. The van der Waals surface area contributed by atoms with Gasteiger partial charge in [0.25, 0.3) is 6.43 Å². The molecule has 6 rings (SSSR count). The average Bonchev–Trinajstić information content (AvgIpc) is 3.54. The fourth-order valence-electron chi connectivity index (χ4n) is 6.56. The van der Waals surface area contributed by atoms with E-state index in [1.807, 2.05) is 11.0 Å². The molecule has 2 N–H and O–H groups in total. The summed E-state index contributed by atoms with van der Waals surface area (Å²) in [6, 6.07) is 8.45. The summed E-state index contributed by atoms with van der Waals surface area (Å²) in [7, 11) is 1.80. The molecule has 1 fully saturated rings. The van der Waals surface area contributed by atoms with E-state index in [1.54, 1.807) is 37.1 Å². The van der Waals surface area contributed by atoms with Crippen LogP contribution in [-0.4, -0.2) is 33.2 Å². The minimum absolute atomic E-state index is 0. The monoisotopic (exact) mass is 555 g/mol. The van der Waals surface area contributed by atoms with E-state index in [0.29, 0.717) is 30.1 Å². The Kier molecular flexibility index (Phi) is 7.71. The second-order valence-electron chi connectivity index (χ2n) is 11.2. The van der Waals surface area contributed by atoms with Crippen molar-refractivity contribution < 1.29 is 13.6 Å². The lowest BCUT2D eigenvalue weighted by Gasteiger charge is -2.35. The predicted molar refractivity (Wildman–Crippen MR) is 152 cm³/mol. The highest BCUT2D eigenvalue weighted by Crippen LogP contribution is 2.45. The molecule has 0 bridgehead atoms. The standard InChI is InChI=1S/C30H35F2N5O.ClH/c1-18(38)36-16-22-10-21(19-5-7-24(33)8-6-19)12-29(27(22)17-36)37-9-3-4-20-11-25(23-14-34-35(2)15-23)26(30(31)32)13-28(20)37;/h10-15,19,24,30H,3-9,16-17,33H2,1-2H3;1H. The zero-order valence-corrected chi connectivity index (χ0v) is 23.3. The van der Waals surface area contributed by atoms with Crippen LogP contribution in [0.1, 0.15) is 79.2 Å². The normalized spacial score (nSPS) is 20.6. The summed E-state index contributed by atoms with van der Waals surface area (Å²) in [6.45, 7) is 3.52. The van der Waals surface area contributed by atoms with Gasteiger partial charge in [0.15, 0.2) is 0 Å². The molecule has 1 aliphatic carbocycles. The molecule has 2 aliphatic heterocycles. The van der Waals surface area contributed by atoms with Gasteiger partial charge in [0.1, 0.15) is 0 Å². The molecule has 2 aromatic carbocycles. The Morgan fingerprint density at radius 3 is 2.49 bits per heavy atom. The molecule has 208 valence electrons. The van der Waals surface area contributed by atoms with Gasteiger partial charge in [-0.25, -0.2) is 8.78 Å². The van der Waals surface area contributed by atoms with Gasteiger partial charge >= 0.3 is 0 Å². The Morgan fingerprint density at radius 2 is 1.82 bits per heavy atom. The number of fused-ring (bicyclic) bond motifs is 2. The van der Waals surface area contributed by atoms with Gasteiger partial charge < -0.3 is 15.5 Å². The number of aromatic nitrogens is 2. The van der Waals surface area contributed by atoms with Gasteiger partial charge in [-0.1, -0.05) is 6.07 Å². The van der Waals surface area contributed by atoms with Crippen molar-refractivity contribution in [2.75, 3.05) is 11.4 Å². The summed E-state index contributed by atoms with van der Waals surface area (Å²) in [4.78, 5) is 16.4. The third-order valence-electron chi connectivity index (χ3n) is 8.65. The van der Waals surface area contributed by atoms with E-state index in [2.05, 4.69) is 22.1 Å². The lowest BCUT2D eigenvalue weighted by Crippen LogP contribution is -2.27. The van der Waals surface area contributed by atoms with Crippen molar-refractivity contribution in [3.05, 3.63) is 64.5 Å². The smallest absolute Gasteiger partial charge is 0.264 e. The van der Waals surface area contributed by atoms with Crippen molar-refractivity contribution in [2.24, 2.45) is 12.8 Å². The van der Waals surface area contributed by atoms with Crippen LogP contribution in [0, 0.1) is 0 Å². The van der Waals surface area contributed by atoms with Crippen molar-refractivity contribution in [2.45, 2.75) is 76.9 Å². The number of benzene rings is 2. The number of aryl methyl sites for hydroxylation is 2. The molecule has 0 spiro atoms. The van der Waals surface area contributed by atoms with Gasteiger partial charge in [0.05, 0.1) is 6.20 Å². The number of carbonyl (C=O) groups is 1. The lowest BCUT2D eigenvalue weighted by molar-refractivity contribution is -0.129. The minimum atomic E-state index is -2.60. The molecule has 39 heavy (non-hydrogen) atoms. The summed E-state index contributed by atoms with van der Waals surface area (Å²) in [5.74, 6) is 0.483. The first-order valence-corrected chi connectivity index (χ1v) is 13.7. The van der Waals surface area contributed by atoms with Crippen LogP contribution in [0.25, 0.3) is 11.1 Å². The molecule has 3 aromatic rings. The highest BCUT2D eigenvalue weighted by molar-refractivity contribution is 5.85. The Labute approximate surface area is 234 Å². The lowest BCUT2D eigenvalue weighted by atomic mass is 9.81. The number of alkyl halides is 2. The molecule has 1 saturated carbocycles. The summed E-state index contributed by atoms with van der Waals surface area (Å²) in [5.41, 5.74) is 14.1. The number of nitrogens with zero attached hydrogens (tertiary/aromatic N) is 4. The van der Waals surface area contributed by atoms with Crippen molar-refractivity contribution in [1.29, 1.82) is 0 Å². The largest absolute Gasteiger partial charge is 0.341 e. The van der Waals surface area contributed by atoms with Gasteiger partial charge in [0, 0.05) is 73.9 Å². The van der Waals surface area contributed by atoms with E-state index >= 15 is 0 Å². The fourth-order valence-corrected chi connectivity index (χ4v) is 6.56. The number of hydrogen-bond acceptors (Lipinski definition) is 4. The number of nitrogens with two attached hydrogens (primary N) is 1. The quantitative estimate of drug-likeness (QED) is 0.406. The zero-order chi connectivity index (χ0) is 26.6. The van der Waals surface area contributed by atoms with Crippen molar-refractivity contribution >= 4 is 29.7 Å². The third-order valence-corrected chi connectivity index (χ3v) is 8.65. The first-order chi connectivity index (χ1) is 18.3. The SMILES string of the molecule is CC(=O)N1Cc2cc(C3CCC(N)CC3)cc(N3CCCc4cc(-c5cnn(C)c5)c(C(F)F)cc43)c2C1.Cl. The second-order valence-corrected chi connectivity index (χ2v) is 11.2. The van der Waals surface area contributed by atoms with Crippen LogP contribution in [0.15, 0.2) is 36.7 Å². The Bertz CT molecular complexity index is 1380. The summed E-state index contributed by atoms with van der Waals surface area (Å²) in [5, 5.41) is 4.21. The van der Waals surface area contributed by atoms with Crippen molar-refractivity contribution in [1.82, 2.24) is 14.7 Å². The van der Waals surface area contributed by atoms with Crippen LogP contribution in [-0.2, 0) is 31.4 Å². The maximum atomic E-state index is 14.4. The molecule has 9 heteroatoms. The number of halogens is 3. The summed E-state index contributed by atoms with van der Waals surface area (Å²) >= 11 is 0. The molecule has 1 aromatic heterocycles. The van der Waals surface area contributed by atoms with Crippen LogP contribution in [0.2, 0.25) is 0 Å². The van der Waals surface area contributed by atoms with Crippen molar-refractivity contribution in [3.8, 4) is 11.1 Å². The molecular weight excluding hydrogens is 520 g/mol. The van der Waals surface area contributed by atoms with Gasteiger partial charge in [0.2, 0.25) is 5.91 Å². The maximum absolute atomic E-state index is 14.4.